The predicted octanol–water partition coefficient (Wildman–Crippen LogP) is 1.99. The van der Waals surface area contributed by atoms with Crippen molar-refractivity contribution < 1.29 is 4.74 Å². The van der Waals surface area contributed by atoms with E-state index in [4.69, 9.17) is 4.74 Å². The van der Waals surface area contributed by atoms with E-state index < -0.39 is 0 Å². The summed E-state index contributed by atoms with van der Waals surface area (Å²) in [6.07, 6.45) is 1.87. The van der Waals surface area contributed by atoms with Gasteiger partial charge in [0.2, 0.25) is 0 Å². The minimum absolute atomic E-state index is 0.662. The molecule has 1 rings (SSSR count). The molecule has 0 N–H and O–H groups in total. The summed E-state index contributed by atoms with van der Waals surface area (Å²) in [6, 6.07) is 0. The van der Waals surface area contributed by atoms with E-state index in [-0.39, 0.29) is 0 Å². The molecule has 2 nitrogen and oxygen atoms in total. The molecule has 0 aliphatic carbocycles. The maximum absolute atomic E-state index is 5.18. The van der Waals surface area contributed by atoms with Crippen LogP contribution in [-0.4, -0.2) is 11.6 Å². The van der Waals surface area contributed by atoms with Gasteiger partial charge in [-0.2, -0.15) is 0 Å². The molecule has 56 valence electrons. The molecule has 0 unspecified atom stereocenters. The molecule has 1 aromatic rings. The molecule has 0 bridgehead atoms. The largest absolute Gasteiger partial charge is 0.375 e. The summed E-state index contributed by atoms with van der Waals surface area (Å²) in [5.74, 6) is 0. The maximum Gasteiger partial charge on any atom is 0.119 e. The molecule has 0 saturated carbocycles. The van der Waals surface area contributed by atoms with E-state index in [1.165, 1.54) is 4.88 Å². The van der Waals surface area contributed by atoms with Crippen molar-refractivity contribution in [3.05, 3.63) is 16.1 Å². The maximum atomic E-state index is 5.18. The third kappa shape index (κ3) is 2.08. The van der Waals surface area contributed by atoms with Gasteiger partial charge in [-0.15, -0.1) is 11.3 Å². The van der Waals surface area contributed by atoms with Gasteiger partial charge in [-0.25, -0.2) is 4.98 Å². The van der Waals surface area contributed by atoms with Crippen LogP contribution in [0.25, 0.3) is 0 Å². The molecule has 1 aromatic heterocycles. The minimum atomic E-state index is 0.662. The Hall–Kier alpha value is -0.410. The van der Waals surface area contributed by atoms with Crippen LogP contribution in [0.5, 0.6) is 0 Å². The molecule has 0 amide bonds. The molecule has 0 spiro atoms. The third-order valence-corrected chi connectivity index (χ3v) is 1.99. The molecule has 0 aliphatic rings. The molecule has 10 heavy (non-hydrogen) atoms. The Kier molecular flexibility index (Phi) is 2.83. The molecular weight excluding hydrogens is 146 g/mol. The van der Waals surface area contributed by atoms with Crippen LogP contribution in [0.1, 0.15) is 16.8 Å². The van der Waals surface area contributed by atoms with Gasteiger partial charge in [0.25, 0.3) is 0 Å². The van der Waals surface area contributed by atoms with Crippen LogP contribution < -0.4 is 0 Å². The van der Waals surface area contributed by atoms with Gasteiger partial charge < -0.3 is 4.74 Å². The molecule has 0 aliphatic heterocycles. The van der Waals surface area contributed by atoms with Crippen LogP contribution in [0.4, 0.5) is 0 Å². The highest BCUT2D eigenvalue weighted by Gasteiger charge is 1.95. The van der Waals surface area contributed by atoms with Crippen LogP contribution in [0, 0.1) is 6.92 Å². The van der Waals surface area contributed by atoms with Crippen LogP contribution in [-0.2, 0) is 11.3 Å². The van der Waals surface area contributed by atoms with Gasteiger partial charge in [0.05, 0.1) is 6.61 Å². The second kappa shape index (κ2) is 3.68. The Bertz CT molecular complexity index is 197. The van der Waals surface area contributed by atoms with Crippen molar-refractivity contribution in [2.75, 3.05) is 6.61 Å². The zero-order chi connectivity index (χ0) is 7.40. The van der Waals surface area contributed by atoms with Gasteiger partial charge >= 0.3 is 0 Å². The van der Waals surface area contributed by atoms with E-state index in [2.05, 4.69) is 4.98 Å². The van der Waals surface area contributed by atoms with Gasteiger partial charge in [-0.05, 0) is 13.8 Å². The average molecular weight is 157 g/mol. The second-order valence-corrected chi connectivity index (χ2v) is 3.32. The first-order valence-electron chi connectivity index (χ1n) is 3.32. The number of nitrogens with zero attached hydrogens (tertiary/aromatic N) is 1. The number of aromatic nitrogens is 1. The smallest absolute Gasteiger partial charge is 0.119 e. The topological polar surface area (TPSA) is 22.1 Å². The van der Waals surface area contributed by atoms with E-state index in [9.17, 15) is 0 Å². The fraction of sp³-hybridized carbons (Fsp3) is 0.571. The summed E-state index contributed by atoms with van der Waals surface area (Å²) >= 11 is 1.69. The lowest BCUT2D eigenvalue weighted by atomic mass is 10.6. The highest BCUT2D eigenvalue weighted by atomic mass is 32.1. The van der Waals surface area contributed by atoms with Gasteiger partial charge in [0.15, 0.2) is 0 Å². The van der Waals surface area contributed by atoms with Crippen LogP contribution in [0.3, 0.4) is 0 Å². The molecule has 0 radical (unpaired) electrons. The number of thiazole rings is 1. The first kappa shape index (κ1) is 7.69. The first-order valence-corrected chi connectivity index (χ1v) is 4.13. The minimum Gasteiger partial charge on any atom is -0.375 e. The Morgan fingerprint density at radius 2 is 2.50 bits per heavy atom. The van der Waals surface area contributed by atoms with Crippen molar-refractivity contribution in [3.63, 3.8) is 0 Å². The Morgan fingerprint density at radius 1 is 1.70 bits per heavy atom. The van der Waals surface area contributed by atoms with Crippen molar-refractivity contribution in [1.82, 2.24) is 4.98 Å². The van der Waals surface area contributed by atoms with Crippen molar-refractivity contribution in [2.45, 2.75) is 20.5 Å². The Morgan fingerprint density at radius 3 is 3.00 bits per heavy atom. The molecular formula is C7H11NOS. The van der Waals surface area contributed by atoms with E-state index >= 15 is 0 Å². The fourth-order valence-electron chi connectivity index (χ4n) is 0.658. The number of aryl methyl sites for hydroxylation is 1. The second-order valence-electron chi connectivity index (χ2n) is 2.00. The average Bonchev–Trinajstić information content (AvgIpc) is 2.31. The van der Waals surface area contributed by atoms with E-state index in [0.29, 0.717) is 6.61 Å². The standard InChI is InChI=1S/C7H11NOS/c1-3-9-5-7-8-4-6(2)10-7/h4H,3,5H2,1-2H3. The van der Waals surface area contributed by atoms with Gasteiger partial charge in [-0.1, -0.05) is 0 Å². The zero-order valence-corrected chi connectivity index (χ0v) is 7.07. The molecule has 0 fully saturated rings. The molecule has 1 heterocycles. The molecule has 3 heteroatoms. The monoisotopic (exact) mass is 157 g/mol. The Balaban J connectivity index is 2.42. The first-order chi connectivity index (χ1) is 4.83. The quantitative estimate of drug-likeness (QED) is 0.669. The van der Waals surface area contributed by atoms with E-state index in [0.717, 1.165) is 11.6 Å². The highest BCUT2D eigenvalue weighted by Crippen LogP contribution is 2.11. The summed E-state index contributed by atoms with van der Waals surface area (Å²) in [6.45, 7) is 5.46. The summed E-state index contributed by atoms with van der Waals surface area (Å²) in [5.41, 5.74) is 0. The van der Waals surface area contributed by atoms with Crippen LogP contribution in [0.2, 0.25) is 0 Å². The van der Waals surface area contributed by atoms with Crippen molar-refractivity contribution in [3.8, 4) is 0 Å². The summed E-state index contributed by atoms with van der Waals surface area (Å²) in [7, 11) is 0. The summed E-state index contributed by atoms with van der Waals surface area (Å²) in [5, 5.41) is 1.07. The van der Waals surface area contributed by atoms with E-state index in [1.807, 2.05) is 20.0 Å². The normalized spacial score (nSPS) is 10.2. The zero-order valence-electron chi connectivity index (χ0n) is 6.26. The SMILES string of the molecule is CCOCc1ncc(C)s1. The lowest BCUT2D eigenvalue weighted by Gasteiger charge is -1.93. The predicted molar refractivity (Wildman–Crippen MR) is 42.2 cm³/mol. The molecule has 0 aromatic carbocycles. The van der Waals surface area contributed by atoms with Crippen molar-refractivity contribution in [2.24, 2.45) is 0 Å². The van der Waals surface area contributed by atoms with Crippen LogP contribution in [0.15, 0.2) is 6.20 Å². The Labute approximate surface area is 64.9 Å². The fourth-order valence-corrected chi connectivity index (χ4v) is 1.38. The van der Waals surface area contributed by atoms with Crippen molar-refractivity contribution in [1.29, 1.82) is 0 Å². The number of ether oxygens (including phenoxy) is 1. The van der Waals surface area contributed by atoms with Crippen molar-refractivity contribution >= 4 is 11.3 Å². The lowest BCUT2D eigenvalue weighted by Crippen LogP contribution is -1.89. The van der Waals surface area contributed by atoms with E-state index in [1.54, 1.807) is 11.3 Å². The number of hydrogen-bond donors (Lipinski definition) is 0. The molecule has 0 atom stereocenters. The van der Waals surface area contributed by atoms with Gasteiger partial charge in [-0.3, -0.25) is 0 Å². The van der Waals surface area contributed by atoms with Crippen LogP contribution >= 0.6 is 11.3 Å². The lowest BCUT2D eigenvalue weighted by molar-refractivity contribution is 0.134. The summed E-state index contributed by atoms with van der Waals surface area (Å²) in [4.78, 5) is 5.39. The third-order valence-electron chi connectivity index (χ3n) is 1.10. The van der Waals surface area contributed by atoms with Gasteiger partial charge in [0.1, 0.15) is 5.01 Å². The van der Waals surface area contributed by atoms with Gasteiger partial charge in [0, 0.05) is 17.7 Å². The molecule has 0 saturated heterocycles. The number of hydrogen-bond acceptors (Lipinski definition) is 3. The number of rotatable bonds is 3. The highest BCUT2D eigenvalue weighted by molar-refractivity contribution is 7.11. The summed E-state index contributed by atoms with van der Waals surface area (Å²) < 4.78 is 5.18.